The maximum absolute atomic E-state index is 10.6. The van der Waals surface area contributed by atoms with E-state index in [1.807, 2.05) is 30.3 Å². The standard InChI is InChI=1S/C20H15ClO/c21-17-8-5-13(6-9-17)20(22)15-7-10-19-16(12-15)11-14-3-1-2-4-18(14)19/h1-10,12,20,22H,11H2/t20-/m0/s1. The van der Waals surface area contributed by atoms with Gasteiger partial charge in [-0.2, -0.15) is 0 Å². The van der Waals surface area contributed by atoms with Crippen molar-refractivity contribution in [2.75, 3.05) is 0 Å². The minimum absolute atomic E-state index is 0.619. The minimum atomic E-state index is -0.619. The zero-order valence-electron chi connectivity index (χ0n) is 12.0. The van der Waals surface area contributed by atoms with Crippen molar-refractivity contribution in [1.82, 2.24) is 0 Å². The molecule has 22 heavy (non-hydrogen) atoms. The summed E-state index contributed by atoms with van der Waals surface area (Å²) in [4.78, 5) is 0. The highest BCUT2D eigenvalue weighted by Crippen LogP contribution is 2.38. The van der Waals surface area contributed by atoms with Crippen LogP contribution >= 0.6 is 11.6 Å². The number of aliphatic hydroxyl groups excluding tert-OH is 1. The third-order valence-electron chi connectivity index (χ3n) is 4.32. The fraction of sp³-hybridized carbons (Fsp3) is 0.100. The molecule has 0 radical (unpaired) electrons. The van der Waals surface area contributed by atoms with Gasteiger partial charge in [-0.3, -0.25) is 0 Å². The molecule has 1 N–H and O–H groups in total. The summed E-state index contributed by atoms with van der Waals surface area (Å²) in [5.41, 5.74) is 7.02. The van der Waals surface area contributed by atoms with Crippen LogP contribution in [-0.4, -0.2) is 5.11 Å². The average Bonchev–Trinajstić information content (AvgIpc) is 2.92. The van der Waals surface area contributed by atoms with Crippen molar-refractivity contribution in [2.24, 2.45) is 0 Å². The number of halogens is 1. The zero-order valence-corrected chi connectivity index (χ0v) is 12.7. The van der Waals surface area contributed by atoms with Gasteiger partial charge < -0.3 is 5.11 Å². The minimum Gasteiger partial charge on any atom is -0.384 e. The maximum atomic E-state index is 10.6. The summed E-state index contributed by atoms with van der Waals surface area (Å²) in [5, 5.41) is 11.3. The highest BCUT2D eigenvalue weighted by atomic mass is 35.5. The summed E-state index contributed by atoms with van der Waals surface area (Å²) in [5.74, 6) is 0. The van der Waals surface area contributed by atoms with E-state index in [-0.39, 0.29) is 0 Å². The van der Waals surface area contributed by atoms with Gasteiger partial charge in [0.1, 0.15) is 6.10 Å². The lowest BCUT2D eigenvalue weighted by Crippen LogP contribution is -2.00. The van der Waals surface area contributed by atoms with Gasteiger partial charge in [0.25, 0.3) is 0 Å². The molecule has 0 aliphatic heterocycles. The molecule has 3 aromatic carbocycles. The summed E-state index contributed by atoms with van der Waals surface area (Å²) in [6.07, 6.45) is 0.318. The monoisotopic (exact) mass is 306 g/mol. The SMILES string of the molecule is O[C@@H](c1ccc(Cl)cc1)c1ccc2c(c1)Cc1ccccc1-2. The second kappa shape index (κ2) is 5.28. The Labute approximate surface area is 134 Å². The molecule has 0 unspecified atom stereocenters. The largest absolute Gasteiger partial charge is 0.384 e. The molecule has 0 saturated carbocycles. The molecule has 0 amide bonds. The number of benzene rings is 3. The molecular weight excluding hydrogens is 292 g/mol. The second-order valence-electron chi connectivity index (χ2n) is 5.70. The molecule has 1 aliphatic carbocycles. The maximum Gasteiger partial charge on any atom is 0.104 e. The van der Waals surface area contributed by atoms with E-state index in [0.29, 0.717) is 5.02 Å². The van der Waals surface area contributed by atoms with Crippen LogP contribution in [0.25, 0.3) is 11.1 Å². The first-order valence-corrected chi connectivity index (χ1v) is 7.75. The molecule has 0 saturated heterocycles. The van der Waals surface area contributed by atoms with Crippen LogP contribution in [0.2, 0.25) is 5.02 Å². The predicted octanol–water partition coefficient (Wildman–Crippen LogP) is 4.99. The molecule has 1 nitrogen and oxygen atoms in total. The normalized spacial score (nSPS) is 13.5. The number of rotatable bonds is 2. The van der Waals surface area contributed by atoms with E-state index in [2.05, 4.69) is 36.4 Å². The van der Waals surface area contributed by atoms with Gasteiger partial charge in [0, 0.05) is 5.02 Å². The second-order valence-corrected chi connectivity index (χ2v) is 6.14. The molecule has 1 aliphatic rings. The lowest BCUT2D eigenvalue weighted by atomic mass is 9.97. The van der Waals surface area contributed by atoms with Gasteiger partial charge in [-0.1, -0.05) is 66.2 Å². The van der Waals surface area contributed by atoms with Crippen LogP contribution in [0.15, 0.2) is 66.7 Å². The summed E-state index contributed by atoms with van der Waals surface area (Å²) in [6, 6.07) is 22.1. The molecule has 3 aromatic rings. The third-order valence-corrected chi connectivity index (χ3v) is 4.57. The summed E-state index contributed by atoms with van der Waals surface area (Å²) >= 11 is 5.91. The molecule has 0 aromatic heterocycles. The topological polar surface area (TPSA) is 20.2 Å². The van der Waals surface area contributed by atoms with Gasteiger partial charge in [-0.15, -0.1) is 0 Å². The van der Waals surface area contributed by atoms with Gasteiger partial charge in [-0.05, 0) is 51.9 Å². The lowest BCUT2D eigenvalue weighted by Gasteiger charge is -2.13. The van der Waals surface area contributed by atoms with Crippen LogP contribution in [0.4, 0.5) is 0 Å². The number of aliphatic hydroxyl groups is 1. The number of hydrogen-bond acceptors (Lipinski definition) is 1. The van der Waals surface area contributed by atoms with Gasteiger partial charge in [0.05, 0.1) is 0 Å². The van der Waals surface area contributed by atoms with E-state index in [4.69, 9.17) is 11.6 Å². The van der Waals surface area contributed by atoms with Crippen LogP contribution in [0.3, 0.4) is 0 Å². The molecule has 2 heteroatoms. The smallest absolute Gasteiger partial charge is 0.104 e. The molecule has 0 fully saturated rings. The van der Waals surface area contributed by atoms with E-state index in [0.717, 1.165) is 17.5 Å². The average molecular weight is 307 g/mol. The Balaban J connectivity index is 1.71. The Morgan fingerprint density at radius 1 is 0.773 bits per heavy atom. The van der Waals surface area contributed by atoms with Crippen molar-refractivity contribution < 1.29 is 5.11 Å². The zero-order chi connectivity index (χ0) is 15.1. The first kappa shape index (κ1) is 13.6. The van der Waals surface area contributed by atoms with Gasteiger partial charge in [-0.25, -0.2) is 0 Å². The summed E-state index contributed by atoms with van der Waals surface area (Å²) in [6.45, 7) is 0. The molecule has 108 valence electrons. The quantitative estimate of drug-likeness (QED) is 0.553. The van der Waals surface area contributed by atoms with Crippen LogP contribution < -0.4 is 0 Å². The Kier molecular flexibility index (Phi) is 3.25. The van der Waals surface area contributed by atoms with Gasteiger partial charge >= 0.3 is 0 Å². The molecule has 1 atom stereocenters. The van der Waals surface area contributed by atoms with Crippen LogP contribution in [0, 0.1) is 0 Å². The van der Waals surface area contributed by atoms with Gasteiger partial charge in [0.15, 0.2) is 0 Å². The Bertz CT molecular complexity index is 837. The van der Waals surface area contributed by atoms with Gasteiger partial charge in [0.2, 0.25) is 0 Å². The van der Waals surface area contributed by atoms with Crippen molar-refractivity contribution >= 4 is 11.6 Å². The molecule has 4 rings (SSSR count). The van der Waals surface area contributed by atoms with Crippen LogP contribution in [0.5, 0.6) is 0 Å². The van der Waals surface area contributed by atoms with E-state index in [1.54, 1.807) is 0 Å². The van der Waals surface area contributed by atoms with E-state index in [1.165, 1.54) is 22.3 Å². The number of fused-ring (bicyclic) bond motifs is 3. The van der Waals surface area contributed by atoms with E-state index in [9.17, 15) is 5.11 Å². The highest BCUT2D eigenvalue weighted by molar-refractivity contribution is 6.30. The van der Waals surface area contributed by atoms with Crippen molar-refractivity contribution in [3.05, 3.63) is 94.0 Å². The molecular formula is C20H15ClO. The van der Waals surface area contributed by atoms with E-state index >= 15 is 0 Å². The molecule has 0 heterocycles. The Hall–Kier alpha value is -2.09. The first-order chi connectivity index (χ1) is 10.7. The molecule has 0 spiro atoms. The predicted molar refractivity (Wildman–Crippen MR) is 90.2 cm³/mol. The third kappa shape index (κ3) is 2.23. The number of hydrogen-bond donors (Lipinski definition) is 1. The lowest BCUT2D eigenvalue weighted by molar-refractivity contribution is 0.220. The van der Waals surface area contributed by atoms with Crippen LogP contribution in [0.1, 0.15) is 28.4 Å². The van der Waals surface area contributed by atoms with Crippen molar-refractivity contribution in [2.45, 2.75) is 12.5 Å². The summed E-state index contributed by atoms with van der Waals surface area (Å²) in [7, 11) is 0. The van der Waals surface area contributed by atoms with E-state index < -0.39 is 6.10 Å². The Morgan fingerprint density at radius 3 is 2.27 bits per heavy atom. The first-order valence-electron chi connectivity index (χ1n) is 7.37. The summed E-state index contributed by atoms with van der Waals surface area (Å²) < 4.78 is 0. The van der Waals surface area contributed by atoms with Crippen molar-refractivity contribution in [1.29, 1.82) is 0 Å². The van der Waals surface area contributed by atoms with Crippen LogP contribution in [-0.2, 0) is 6.42 Å². The Morgan fingerprint density at radius 2 is 1.45 bits per heavy atom. The highest BCUT2D eigenvalue weighted by Gasteiger charge is 2.20. The molecule has 0 bridgehead atoms. The van der Waals surface area contributed by atoms with Crippen molar-refractivity contribution in [3.8, 4) is 11.1 Å². The van der Waals surface area contributed by atoms with Crippen molar-refractivity contribution in [3.63, 3.8) is 0 Å². The fourth-order valence-electron chi connectivity index (χ4n) is 3.17. The fourth-order valence-corrected chi connectivity index (χ4v) is 3.30.